The molecule has 1 fully saturated rings. The highest BCUT2D eigenvalue weighted by atomic mass is 35.5. The first kappa shape index (κ1) is 13.3. The number of amides is 4. The van der Waals surface area contributed by atoms with Crippen LogP contribution in [0.25, 0.3) is 6.08 Å². The Kier molecular flexibility index (Phi) is 3.40. The monoisotopic (exact) mass is 278 g/mol. The lowest BCUT2D eigenvalue weighted by molar-refractivity contribution is -0.134. The zero-order valence-corrected chi connectivity index (χ0v) is 11.1. The zero-order chi connectivity index (χ0) is 14.2. The summed E-state index contributed by atoms with van der Waals surface area (Å²) in [5.41, 5.74) is 0.615. The number of benzene rings is 1. The lowest BCUT2D eigenvalue weighted by Crippen LogP contribution is -2.52. The fourth-order valence-electron chi connectivity index (χ4n) is 1.70. The molecular weight excluding hydrogens is 268 g/mol. The van der Waals surface area contributed by atoms with Crippen LogP contribution < -0.4 is 0 Å². The summed E-state index contributed by atoms with van der Waals surface area (Å²) in [4.78, 5) is 37.2. The van der Waals surface area contributed by atoms with Crippen molar-refractivity contribution in [2.45, 2.75) is 0 Å². The molecule has 4 amide bonds. The largest absolute Gasteiger partial charge is 0.333 e. The van der Waals surface area contributed by atoms with E-state index in [2.05, 4.69) is 0 Å². The summed E-state index contributed by atoms with van der Waals surface area (Å²) in [6, 6.07) is 6.05. The van der Waals surface area contributed by atoms with E-state index in [1.54, 1.807) is 24.3 Å². The molecule has 1 aliphatic heterocycles. The van der Waals surface area contributed by atoms with E-state index in [1.807, 2.05) is 0 Å². The standard InChI is InChI=1S/C13H11ClN2O3/c1-15-11(17)10(12(18)16(2)13(15)19)7-8-3-5-9(14)6-4-8/h3-7H,1-2H3. The second kappa shape index (κ2) is 4.85. The molecule has 0 saturated carbocycles. The van der Waals surface area contributed by atoms with Crippen molar-refractivity contribution in [3.05, 3.63) is 40.4 Å². The van der Waals surface area contributed by atoms with E-state index in [0.717, 1.165) is 9.80 Å². The predicted molar refractivity (Wildman–Crippen MR) is 70.4 cm³/mol. The third-order valence-electron chi connectivity index (χ3n) is 2.82. The number of barbiturate groups is 1. The van der Waals surface area contributed by atoms with Crippen LogP contribution in [0.3, 0.4) is 0 Å². The molecule has 0 bridgehead atoms. The van der Waals surface area contributed by atoms with Crippen molar-refractivity contribution < 1.29 is 14.4 Å². The number of hydrogen-bond acceptors (Lipinski definition) is 3. The minimum atomic E-state index is -0.636. The average Bonchev–Trinajstić information content (AvgIpc) is 2.41. The van der Waals surface area contributed by atoms with Crippen molar-refractivity contribution in [3.8, 4) is 0 Å². The first-order valence-corrected chi connectivity index (χ1v) is 5.87. The molecule has 6 heteroatoms. The summed E-state index contributed by atoms with van der Waals surface area (Å²) in [6.07, 6.45) is 1.44. The number of urea groups is 1. The molecule has 0 aliphatic carbocycles. The quantitative estimate of drug-likeness (QED) is 0.581. The Morgan fingerprint density at radius 3 is 1.89 bits per heavy atom. The normalized spacial score (nSPS) is 16.2. The van der Waals surface area contributed by atoms with E-state index in [4.69, 9.17) is 11.6 Å². The Morgan fingerprint density at radius 1 is 0.947 bits per heavy atom. The Bertz CT molecular complexity index is 566. The Labute approximate surface area is 115 Å². The van der Waals surface area contributed by atoms with Crippen LogP contribution in [0.5, 0.6) is 0 Å². The van der Waals surface area contributed by atoms with Crippen molar-refractivity contribution in [1.82, 2.24) is 9.80 Å². The molecule has 0 atom stereocenters. The van der Waals surface area contributed by atoms with Gasteiger partial charge < -0.3 is 0 Å². The maximum atomic E-state index is 11.9. The number of nitrogens with zero attached hydrogens (tertiary/aromatic N) is 2. The van der Waals surface area contributed by atoms with Gasteiger partial charge in [-0.3, -0.25) is 19.4 Å². The van der Waals surface area contributed by atoms with Gasteiger partial charge in [-0.15, -0.1) is 0 Å². The van der Waals surface area contributed by atoms with E-state index >= 15 is 0 Å². The summed E-state index contributed by atoms with van der Waals surface area (Å²) in [5.74, 6) is -1.22. The second-order valence-corrected chi connectivity index (χ2v) is 4.56. The molecular formula is C13H11ClN2O3. The summed E-state index contributed by atoms with van der Waals surface area (Å²) >= 11 is 5.76. The molecule has 0 spiro atoms. The van der Waals surface area contributed by atoms with E-state index in [0.29, 0.717) is 10.6 Å². The highest BCUT2D eigenvalue weighted by Gasteiger charge is 2.37. The molecule has 1 heterocycles. The SMILES string of the molecule is CN1C(=O)C(=Cc2ccc(Cl)cc2)C(=O)N(C)C1=O. The molecule has 0 N–H and O–H groups in total. The molecule has 0 aromatic heterocycles. The number of likely N-dealkylation sites (N-methyl/N-ethyl adjacent to an activating group) is 2. The van der Waals surface area contributed by atoms with Crippen LogP contribution in [-0.4, -0.2) is 41.7 Å². The van der Waals surface area contributed by atoms with Gasteiger partial charge in [0.15, 0.2) is 0 Å². The van der Waals surface area contributed by atoms with Gasteiger partial charge in [0.1, 0.15) is 5.57 Å². The molecule has 1 aromatic rings. The first-order valence-electron chi connectivity index (χ1n) is 5.49. The maximum absolute atomic E-state index is 11.9. The van der Waals surface area contributed by atoms with E-state index in [9.17, 15) is 14.4 Å². The van der Waals surface area contributed by atoms with Crippen LogP contribution in [0, 0.1) is 0 Å². The van der Waals surface area contributed by atoms with Gasteiger partial charge in [0.2, 0.25) is 0 Å². The topological polar surface area (TPSA) is 57.7 Å². The molecule has 0 radical (unpaired) electrons. The lowest BCUT2D eigenvalue weighted by atomic mass is 10.1. The summed E-state index contributed by atoms with van der Waals surface area (Å²) in [6.45, 7) is 0. The molecule has 1 aromatic carbocycles. The number of carbonyl (C=O) groups is 3. The van der Waals surface area contributed by atoms with E-state index < -0.39 is 17.8 Å². The Morgan fingerprint density at radius 2 is 1.42 bits per heavy atom. The molecule has 1 saturated heterocycles. The van der Waals surface area contributed by atoms with Gasteiger partial charge in [-0.25, -0.2) is 4.79 Å². The summed E-state index contributed by atoms with van der Waals surface area (Å²) < 4.78 is 0. The van der Waals surface area contributed by atoms with Crippen LogP contribution >= 0.6 is 11.6 Å². The maximum Gasteiger partial charge on any atom is 0.333 e. The van der Waals surface area contributed by atoms with Gasteiger partial charge in [-0.05, 0) is 23.8 Å². The van der Waals surface area contributed by atoms with Gasteiger partial charge in [0, 0.05) is 19.1 Å². The first-order chi connectivity index (χ1) is 8.91. The summed E-state index contributed by atoms with van der Waals surface area (Å²) in [7, 11) is 2.67. The van der Waals surface area contributed by atoms with Gasteiger partial charge in [0.25, 0.3) is 11.8 Å². The molecule has 2 rings (SSSR count). The van der Waals surface area contributed by atoms with Crippen molar-refractivity contribution in [3.63, 3.8) is 0 Å². The van der Waals surface area contributed by atoms with E-state index in [1.165, 1.54) is 20.2 Å². The third kappa shape index (κ3) is 2.37. The predicted octanol–water partition coefficient (Wildman–Crippen LogP) is 1.77. The Hall–Kier alpha value is -2.14. The molecule has 98 valence electrons. The molecule has 1 aliphatic rings. The third-order valence-corrected chi connectivity index (χ3v) is 3.08. The van der Waals surface area contributed by atoms with Crippen molar-refractivity contribution in [2.24, 2.45) is 0 Å². The van der Waals surface area contributed by atoms with Gasteiger partial charge in [-0.2, -0.15) is 0 Å². The molecule has 0 unspecified atom stereocenters. The van der Waals surface area contributed by atoms with Crippen molar-refractivity contribution >= 4 is 35.5 Å². The minimum Gasteiger partial charge on any atom is -0.268 e. The molecule has 5 nitrogen and oxygen atoms in total. The van der Waals surface area contributed by atoms with Gasteiger partial charge in [-0.1, -0.05) is 23.7 Å². The average molecular weight is 279 g/mol. The van der Waals surface area contributed by atoms with Crippen molar-refractivity contribution in [2.75, 3.05) is 14.1 Å². The minimum absolute atomic E-state index is 0.0491. The smallest absolute Gasteiger partial charge is 0.268 e. The highest BCUT2D eigenvalue weighted by molar-refractivity contribution is 6.31. The van der Waals surface area contributed by atoms with Gasteiger partial charge >= 0.3 is 6.03 Å². The van der Waals surface area contributed by atoms with E-state index in [-0.39, 0.29) is 5.57 Å². The Balaban J connectivity index is 2.42. The number of halogens is 1. The van der Waals surface area contributed by atoms with Crippen LogP contribution in [0.4, 0.5) is 4.79 Å². The van der Waals surface area contributed by atoms with Crippen LogP contribution in [-0.2, 0) is 9.59 Å². The number of carbonyl (C=O) groups excluding carboxylic acids is 3. The van der Waals surface area contributed by atoms with Crippen molar-refractivity contribution in [1.29, 1.82) is 0 Å². The second-order valence-electron chi connectivity index (χ2n) is 4.12. The van der Waals surface area contributed by atoms with Crippen LogP contribution in [0.15, 0.2) is 29.8 Å². The number of hydrogen-bond donors (Lipinski definition) is 0. The number of imide groups is 2. The lowest BCUT2D eigenvalue weighted by Gasteiger charge is -2.28. The van der Waals surface area contributed by atoms with Gasteiger partial charge in [0.05, 0.1) is 0 Å². The highest BCUT2D eigenvalue weighted by Crippen LogP contribution is 2.18. The van der Waals surface area contributed by atoms with Crippen LogP contribution in [0.1, 0.15) is 5.56 Å². The zero-order valence-electron chi connectivity index (χ0n) is 10.4. The summed E-state index contributed by atoms with van der Waals surface area (Å²) in [5, 5.41) is 0.563. The fraction of sp³-hybridized carbons (Fsp3) is 0.154. The van der Waals surface area contributed by atoms with Crippen LogP contribution in [0.2, 0.25) is 5.02 Å². The number of rotatable bonds is 1. The molecule has 19 heavy (non-hydrogen) atoms. The fourth-order valence-corrected chi connectivity index (χ4v) is 1.83.